The van der Waals surface area contributed by atoms with Gasteiger partial charge in [0, 0.05) is 49.0 Å². The van der Waals surface area contributed by atoms with Crippen LogP contribution in [-0.2, 0) is 4.79 Å². The summed E-state index contributed by atoms with van der Waals surface area (Å²) in [5.41, 5.74) is 0.978. The lowest BCUT2D eigenvalue weighted by Gasteiger charge is -2.36. The molecule has 0 aliphatic carbocycles. The third-order valence-corrected chi connectivity index (χ3v) is 5.93. The number of nitrogens with zero attached hydrogens (tertiary/aromatic N) is 4. The molecule has 2 aliphatic heterocycles. The van der Waals surface area contributed by atoms with Gasteiger partial charge in [0.2, 0.25) is 5.91 Å². The Morgan fingerprint density at radius 2 is 1.79 bits per heavy atom. The van der Waals surface area contributed by atoms with E-state index in [1.165, 1.54) is 0 Å². The van der Waals surface area contributed by atoms with Gasteiger partial charge >= 0.3 is 0 Å². The normalized spacial score (nSPS) is 19.7. The number of hydrogen-bond donors (Lipinski definition) is 0. The van der Waals surface area contributed by atoms with Gasteiger partial charge in [0.05, 0.1) is 5.52 Å². The molecule has 5 nitrogen and oxygen atoms in total. The Hall–Kier alpha value is -1.82. The van der Waals surface area contributed by atoms with Gasteiger partial charge in [-0.1, -0.05) is 12.1 Å². The second-order valence-electron chi connectivity index (χ2n) is 6.41. The lowest BCUT2D eigenvalue weighted by molar-refractivity contribution is -0.135. The van der Waals surface area contributed by atoms with Crippen molar-refractivity contribution in [3.05, 3.63) is 30.6 Å². The topological polar surface area (TPSA) is 49.3 Å². The fourth-order valence-electron chi connectivity index (χ4n) is 3.62. The van der Waals surface area contributed by atoms with Crippen LogP contribution in [0.15, 0.2) is 30.6 Å². The number of hydrogen-bond acceptors (Lipinski definition) is 5. The van der Waals surface area contributed by atoms with Crippen molar-refractivity contribution in [2.75, 3.05) is 42.6 Å². The van der Waals surface area contributed by atoms with Gasteiger partial charge in [-0.05, 0) is 25.0 Å². The summed E-state index contributed by atoms with van der Waals surface area (Å²) in [6.07, 6.45) is 3.47. The molecule has 0 unspecified atom stereocenters. The summed E-state index contributed by atoms with van der Waals surface area (Å²) in [6.45, 7) is 3.61. The highest BCUT2D eigenvalue weighted by molar-refractivity contribution is 7.99. The van der Waals surface area contributed by atoms with Crippen molar-refractivity contribution < 1.29 is 4.79 Å². The predicted molar refractivity (Wildman–Crippen MR) is 98.4 cm³/mol. The van der Waals surface area contributed by atoms with Gasteiger partial charge in [-0.25, -0.2) is 9.97 Å². The molecule has 0 spiro atoms. The van der Waals surface area contributed by atoms with Gasteiger partial charge < -0.3 is 9.80 Å². The molecule has 0 bridgehead atoms. The summed E-state index contributed by atoms with van der Waals surface area (Å²) in [5, 5.41) is 1.10. The van der Waals surface area contributed by atoms with Crippen LogP contribution in [0.5, 0.6) is 0 Å². The zero-order valence-corrected chi connectivity index (χ0v) is 14.5. The third-order valence-electron chi connectivity index (χ3n) is 4.99. The van der Waals surface area contributed by atoms with E-state index < -0.39 is 0 Å². The quantitative estimate of drug-likeness (QED) is 0.839. The third kappa shape index (κ3) is 3.07. The van der Waals surface area contributed by atoms with Crippen LogP contribution in [0.3, 0.4) is 0 Å². The van der Waals surface area contributed by atoms with Crippen LogP contribution in [0.25, 0.3) is 10.9 Å². The smallest absolute Gasteiger partial charge is 0.225 e. The number of carbonyl (C=O) groups excluding carboxylic acids is 1. The average Bonchev–Trinajstić information content (AvgIpc) is 2.68. The second-order valence-corrected chi connectivity index (χ2v) is 7.64. The Balaban J connectivity index is 1.45. The van der Waals surface area contributed by atoms with Gasteiger partial charge in [0.15, 0.2) is 0 Å². The van der Waals surface area contributed by atoms with E-state index >= 15 is 0 Å². The maximum Gasteiger partial charge on any atom is 0.225 e. The van der Waals surface area contributed by atoms with Gasteiger partial charge in [0.25, 0.3) is 0 Å². The molecular weight excluding hydrogens is 320 g/mol. The minimum Gasteiger partial charge on any atom is -0.356 e. The highest BCUT2D eigenvalue weighted by Crippen LogP contribution is 2.28. The largest absolute Gasteiger partial charge is 0.356 e. The molecule has 2 aliphatic rings. The van der Waals surface area contributed by atoms with Gasteiger partial charge in [0.1, 0.15) is 12.1 Å². The van der Waals surface area contributed by atoms with Crippen LogP contribution in [0.1, 0.15) is 12.8 Å². The monoisotopic (exact) mass is 342 g/mol. The van der Waals surface area contributed by atoms with Crippen LogP contribution in [0, 0.1) is 5.92 Å². The molecule has 24 heavy (non-hydrogen) atoms. The molecule has 0 atom stereocenters. The van der Waals surface area contributed by atoms with E-state index in [-0.39, 0.29) is 5.92 Å². The number of anilines is 1. The maximum absolute atomic E-state index is 12.7. The van der Waals surface area contributed by atoms with Gasteiger partial charge in [-0.15, -0.1) is 0 Å². The zero-order chi connectivity index (χ0) is 16.4. The Morgan fingerprint density at radius 1 is 1.04 bits per heavy atom. The van der Waals surface area contributed by atoms with E-state index in [0.29, 0.717) is 5.91 Å². The molecule has 1 aromatic carbocycles. The molecule has 1 amide bonds. The van der Waals surface area contributed by atoms with Crippen LogP contribution in [-0.4, -0.2) is 58.5 Å². The van der Waals surface area contributed by atoms with Crippen LogP contribution in [0.2, 0.25) is 0 Å². The van der Waals surface area contributed by atoms with Crippen molar-refractivity contribution in [2.24, 2.45) is 5.92 Å². The highest BCUT2D eigenvalue weighted by Gasteiger charge is 2.30. The first-order valence-corrected chi connectivity index (χ1v) is 9.79. The van der Waals surface area contributed by atoms with E-state index in [2.05, 4.69) is 25.8 Å². The number of carbonyl (C=O) groups is 1. The molecule has 2 saturated heterocycles. The first kappa shape index (κ1) is 15.7. The molecule has 3 heterocycles. The van der Waals surface area contributed by atoms with Crippen molar-refractivity contribution in [1.82, 2.24) is 14.9 Å². The Labute approximate surface area is 146 Å². The van der Waals surface area contributed by atoms with Crippen molar-refractivity contribution in [2.45, 2.75) is 12.8 Å². The maximum atomic E-state index is 12.7. The Kier molecular flexibility index (Phi) is 4.56. The SMILES string of the molecule is O=C(C1CCN(c2ncnc3ccccc23)CC1)N1CCSCC1. The minimum atomic E-state index is 0.178. The molecule has 126 valence electrons. The van der Waals surface area contributed by atoms with Crippen molar-refractivity contribution in [1.29, 1.82) is 0 Å². The summed E-state index contributed by atoms with van der Waals surface area (Å²) in [7, 11) is 0. The number of para-hydroxylation sites is 1. The second kappa shape index (κ2) is 6.97. The fraction of sp³-hybridized carbons (Fsp3) is 0.500. The number of fused-ring (bicyclic) bond motifs is 1. The lowest BCUT2D eigenvalue weighted by Crippen LogP contribution is -2.45. The van der Waals surface area contributed by atoms with Crippen molar-refractivity contribution in [3.8, 4) is 0 Å². The number of rotatable bonds is 2. The minimum absolute atomic E-state index is 0.178. The number of benzene rings is 1. The summed E-state index contributed by atoms with van der Waals surface area (Å²) in [4.78, 5) is 25.9. The molecule has 2 aromatic rings. The lowest BCUT2D eigenvalue weighted by atomic mass is 9.95. The number of aromatic nitrogens is 2. The molecule has 0 N–H and O–H groups in total. The van der Waals surface area contributed by atoms with E-state index in [1.807, 2.05) is 30.0 Å². The fourth-order valence-corrected chi connectivity index (χ4v) is 4.53. The van der Waals surface area contributed by atoms with E-state index in [1.54, 1.807) is 6.33 Å². The predicted octanol–water partition coefficient (Wildman–Crippen LogP) is 2.42. The summed E-state index contributed by atoms with van der Waals surface area (Å²) < 4.78 is 0. The summed E-state index contributed by atoms with van der Waals surface area (Å²) in [6, 6.07) is 8.12. The standard InChI is InChI=1S/C18H22N4OS/c23-18(22-9-11-24-12-10-22)14-5-7-21(8-6-14)17-15-3-1-2-4-16(15)19-13-20-17/h1-4,13-14H,5-12H2. The van der Waals surface area contributed by atoms with Crippen molar-refractivity contribution >= 4 is 34.4 Å². The molecular formula is C18H22N4OS. The van der Waals surface area contributed by atoms with E-state index in [4.69, 9.17) is 0 Å². The highest BCUT2D eigenvalue weighted by atomic mass is 32.2. The molecule has 2 fully saturated rings. The van der Waals surface area contributed by atoms with Crippen LogP contribution in [0.4, 0.5) is 5.82 Å². The molecule has 0 saturated carbocycles. The first-order valence-electron chi connectivity index (χ1n) is 8.64. The van der Waals surface area contributed by atoms with E-state index in [0.717, 1.165) is 67.2 Å². The number of amides is 1. The Bertz CT molecular complexity index is 719. The number of piperidine rings is 1. The molecule has 1 aromatic heterocycles. The summed E-state index contributed by atoms with van der Waals surface area (Å²) >= 11 is 1.95. The number of thioether (sulfide) groups is 1. The first-order chi connectivity index (χ1) is 11.8. The van der Waals surface area contributed by atoms with Crippen LogP contribution >= 0.6 is 11.8 Å². The van der Waals surface area contributed by atoms with Gasteiger partial charge in [-0.2, -0.15) is 11.8 Å². The van der Waals surface area contributed by atoms with Gasteiger partial charge in [-0.3, -0.25) is 4.79 Å². The average molecular weight is 342 g/mol. The van der Waals surface area contributed by atoms with E-state index in [9.17, 15) is 4.79 Å². The molecule has 4 rings (SSSR count). The van der Waals surface area contributed by atoms with Crippen LogP contribution < -0.4 is 4.90 Å². The zero-order valence-electron chi connectivity index (χ0n) is 13.7. The summed E-state index contributed by atoms with van der Waals surface area (Å²) in [5.74, 6) is 3.70. The van der Waals surface area contributed by atoms with Crippen molar-refractivity contribution in [3.63, 3.8) is 0 Å². The molecule has 0 radical (unpaired) electrons. The Morgan fingerprint density at radius 3 is 2.58 bits per heavy atom. The molecule has 6 heteroatoms.